The van der Waals surface area contributed by atoms with Crippen molar-refractivity contribution in [3.05, 3.63) is 29.6 Å². The van der Waals surface area contributed by atoms with Gasteiger partial charge in [-0.2, -0.15) is 0 Å². The summed E-state index contributed by atoms with van der Waals surface area (Å²) in [7, 11) is -3.54. The van der Waals surface area contributed by atoms with Crippen molar-refractivity contribution in [1.82, 2.24) is 10.6 Å². The number of hydrogen-bond acceptors (Lipinski definition) is 5. The molecule has 0 aromatic heterocycles. The molecule has 0 heterocycles. The first-order valence-electron chi connectivity index (χ1n) is 7.40. The molecular formula is C15H22FN3O5S. The Labute approximate surface area is 146 Å². The van der Waals surface area contributed by atoms with Gasteiger partial charge in [0.2, 0.25) is 10.0 Å². The topological polar surface area (TPSA) is 114 Å². The number of carbonyl (C=O) groups excluding carboxylic acids is 2. The lowest BCUT2D eigenvalue weighted by Crippen LogP contribution is -2.38. The van der Waals surface area contributed by atoms with Crippen molar-refractivity contribution in [2.75, 3.05) is 24.1 Å². The zero-order chi connectivity index (χ0) is 19.3. The Kier molecular flexibility index (Phi) is 6.74. The second-order valence-corrected chi connectivity index (χ2v) is 8.00. The van der Waals surface area contributed by atoms with Gasteiger partial charge in [0, 0.05) is 18.8 Å². The first-order valence-corrected chi connectivity index (χ1v) is 9.29. The van der Waals surface area contributed by atoms with Gasteiger partial charge in [-0.05, 0) is 39.0 Å². The second kappa shape index (κ2) is 8.15. The fourth-order valence-electron chi connectivity index (χ4n) is 1.73. The van der Waals surface area contributed by atoms with Crippen LogP contribution in [0.3, 0.4) is 0 Å². The number of halogens is 1. The molecule has 1 aromatic carbocycles. The quantitative estimate of drug-likeness (QED) is 0.651. The first-order chi connectivity index (χ1) is 11.4. The van der Waals surface area contributed by atoms with Crippen LogP contribution in [0.4, 0.5) is 14.9 Å². The van der Waals surface area contributed by atoms with E-state index in [1.807, 2.05) is 0 Å². The summed E-state index contributed by atoms with van der Waals surface area (Å²) in [6.45, 7) is 5.28. The number of hydrogen-bond donors (Lipinski definition) is 3. The Morgan fingerprint density at radius 2 is 1.76 bits per heavy atom. The van der Waals surface area contributed by atoms with E-state index in [0.717, 1.165) is 18.4 Å². The third kappa shape index (κ3) is 8.34. The Hall–Kier alpha value is -2.36. The Bertz CT molecular complexity index is 744. The van der Waals surface area contributed by atoms with Crippen LogP contribution >= 0.6 is 0 Å². The molecule has 0 radical (unpaired) electrons. The first kappa shape index (κ1) is 20.7. The molecule has 140 valence electrons. The summed E-state index contributed by atoms with van der Waals surface area (Å²) in [4.78, 5) is 23.4. The van der Waals surface area contributed by atoms with Crippen LogP contribution in [0, 0.1) is 5.82 Å². The molecule has 1 rings (SSSR count). The van der Waals surface area contributed by atoms with Gasteiger partial charge >= 0.3 is 6.09 Å². The molecule has 0 fully saturated rings. The monoisotopic (exact) mass is 375 g/mol. The highest BCUT2D eigenvalue weighted by atomic mass is 32.2. The van der Waals surface area contributed by atoms with Gasteiger partial charge in [0.1, 0.15) is 11.4 Å². The molecular weight excluding hydrogens is 353 g/mol. The number of nitrogens with one attached hydrogen (secondary N) is 3. The summed E-state index contributed by atoms with van der Waals surface area (Å²) in [6.07, 6.45) is 0.311. The van der Waals surface area contributed by atoms with Gasteiger partial charge in [0.15, 0.2) is 0 Å². The highest BCUT2D eigenvalue weighted by Gasteiger charge is 2.16. The summed E-state index contributed by atoms with van der Waals surface area (Å²) in [5, 5.41) is 4.86. The maximum Gasteiger partial charge on any atom is 0.407 e. The van der Waals surface area contributed by atoms with Gasteiger partial charge in [-0.15, -0.1) is 0 Å². The van der Waals surface area contributed by atoms with Gasteiger partial charge < -0.3 is 15.4 Å². The van der Waals surface area contributed by atoms with E-state index in [4.69, 9.17) is 4.74 Å². The van der Waals surface area contributed by atoms with Gasteiger partial charge in [-0.1, -0.05) is 0 Å². The van der Waals surface area contributed by atoms with Crippen LogP contribution in [0.2, 0.25) is 0 Å². The Morgan fingerprint density at radius 1 is 1.16 bits per heavy atom. The van der Waals surface area contributed by atoms with Crippen molar-refractivity contribution in [2.45, 2.75) is 26.4 Å². The van der Waals surface area contributed by atoms with Gasteiger partial charge in [-0.25, -0.2) is 17.6 Å². The van der Waals surface area contributed by atoms with Crippen molar-refractivity contribution in [3.63, 3.8) is 0 Å². The van der Waals surface area contributed by atoms with Crippen LogP contribution in [0.25, 0.3) is 0 Å². The molecule has 0 saturated carbocycles. The SMILES string of the molecule is CC(C)(C)OC(=O)NCCNC(=O)c1cc(NS(C)(=O)=O)ccc1F. The number of amides is 2. The second-order valence-electron chi connectivity index (χ2n) is 6.25. The molecule has 0 saturated heterocycles. The third-order valence-corrected chi connectivity index (χ3v) is 3.20. The fourth-order valence-corrected chi connectivity index (χ4v) is 2.28. The average molecular weight is 375 g/mol. The van der Waals surface area contributed by atoms with Gasteiger partial charge in [0.05, 0.1) is 11.8 Å². The maximum atomic E-state index is 13.7. The molecule has 0 bridgehead atoms. The van der Waals surface area contributed by atoms with Crippen LogP contribution in [-0.4, -0.2) is 45.4 Å². The average Bonchev–Trinajstić information content (AvgIpc) is 2.42. The minimum Gasteiger partial charge on any atom is -0.444 e. The molecule has 3 N–H and O–H groups in total. The zero-order valence-electron chi connectivity index (χ0n) is 14.5. The number of ether oxygens (including phenoxy) is 1. The van der Waals surface area contributed by atoms with Crippen LogP contribution in [0.15, 0.2) is 18.2 Å². The Morgan fingerprint density at radius 3 is 2.32 bits per heavy atom. The smallest absolute Gasteiger partial charge is 0.407 e. The van der Waals surface area contributed by atoms with E-state index in [0.29, 0.717) is 0 Å². The van der Waals surface area contributed by atoms with Gasteiger partial charge in [0.25, 0.3) is 5.91 Å². The molecule has 0 atom stereocenters. The fraction of sp³-hybridized carbons (Fsp3) is 0.467. The van der Waals surface area contributed by atoms with Crippen molar-refractivity contribution in [1.29, 1.82) is 0 Å². The van der Waals surface area contributed by atoms with Gasteiger partial charge in [-0.3, -0.25) is 9.52 Å². The molecule has 25 heavy (non-hydrogen) atoms. The minimum atomic E-state index is -3.54. The molecule has 1 aromatic rings. The molecule has 8 nitrogen and oxygen atoms in total. The summed E-state index contributed by atoms with van der Waals surface area (Å²) >= 11 is 0. The summed E-state index contributed by atoms with van der Waals surface area (Å²) in [6, 6.07) is 3.28. The van der Waals surface area contributed by atoms with Crippen molar-refractivity contribution < 1.29 is 27.1 Å². The normalized spacial score (nSPS) is 11.6. The van der Waals surface area contributed by atoms with E-state index in [1.54, 1.807) is 20.8 Å². The molecule has 0 spiro atoms. The highest BCUT2D eigenvalue weighted by Crippen LogP contribution is 2.15. The lowest BCUT2D eigenvalue weighted by atomic mass is 10.2. The number of carbonyl (C=O) groups is 2. The van der Waals surface area contributed by atoms with E-state index in [2.05, 4.69) is 15.4 Å². The highest BCUT2D eigenvalue weighted by molar-refractivity contribution is 7.92. The maximum absolute atomic E-state index is 13.7. The van der Waals surface area contributed by atoms with Crippen LogP contribution in [-0.2, 0) is 14.8 Å². The zero-order valence-corrected chi connectivity index (χ0v) is 15.3. The molecule has 0 aliphatic heterocycles. The van der Waals surface area contributed by atoms with Crippen molar-refractivity contribution in [3.8, 4) is 0 Å². The predicted molar refractivity (Wildman–Crippen MR) is 91.4 cm³/mol. The Balaban J connectivity index is 2.57. The van der Waals surface area contributed by atoms with E-state index in [9.17, 15) is 22.4 Å². The molecule has 2 amide bonds. The third-order valence-electron chi connectivity index (χ3n) is 2.59. The summed E-state index contributed by atoms with van der Waals surface area (Å²) in [5.74, 6) is -1.53. The van der Waals surface area contributed by atoms with Crippen LogP contribution in [0.5, 0.6) is 0 Å². The largest absolute Gasteiger partial charge is 0.444 e. The summed E-state index contributed by atoms with van der Waals surface area (Å²) in [5.41, 5.74) is -0.879. The van der Waals surface area contributed by atoms with E-state index in [1.165, 1.54) is 6.07 Å². The summed E-state index contributed by atoms with van der Waals surface area (Å²) < 4.78 is 43.3. The molecule has 0 unspecified atom stereocenters. The van der Waals surface area contributed by atoms with Crippen LogP contribution in [0.1, 0.15) is 31.1 Å². The van der Waals surface area contributed by atoms with E-state index >= 15 is 0 Å². The lowest BCUT2D eigenvalue weighted by Gasteiger charge is -2.19. The number of sulfonamides is 1. The van der Waals surface area contributed by atoms with Crippen molar-refractivity contribution in [2.24, 2.45) is 0 Å². The number of benzene rings is 1. The van der Waals surface area contributed by atoms with E-state index in [-0.39, 0.29) is 24.3 Å². The van der Waals surface area contributed by atoms with Crippen LogP contribution < -0.4 is 15.4 Å². The minimum absolute atomic E-state index is 0.0429. The molecule has 10 heteroatoms. The number of anilines is 1. The number of rotatable bonds is 6. The lowest BCUT2D eigenvalue weighted by molar-refractivity contribution is 0.0526. The van der Waals surface area contributed by atoms with E-state index < -0.39 is 33.4 Å². The molecule has 0 aliphatic rings. The van der Waals surface area contributed by atoms with Crippen molar-refractivity contribution >= 4 is 27.7 Å². The predicted octanol–water partition coefficient (Wildman–Crippen LogP) is 1.45. The standard InChI is InChI=1S/C15H22FN3O5S/c1-15(2,3)24-14(21)18-8-7-17-13(20)11-9-10(5-6-12(11)16)19-25(4,22)23/h5-6,9,19H,7-8H2,1-4H3,(H,17,20)(H,18,21). The number of alkyl carbamates (subject to hydrolysis) is 1. The molecule has 0 aliphatic carbocycles.